The summed E-state index contributed by atoms with van der Waals surface area (Å²) in [6.45, 7) is 0. The average Bonchev–Trinajstić information content (AvgIpc) is 2.28. The summed E-state index contributed by atoms with van der Waals surface area (Å²) in [5, 5.41) is 17.2. The lowest BCUT2D eigenvalue weighted by atomic mass is 10.1. The van der Waals surface area contributed by atoms with Gasteiger partial charge in [0.1, 0.15) is 11.8 Å². The molecule has 0 aliphatic heterocycles. The van der Waals surface area contributed by atoms with Crippen LogP contribution in [0.5, 0.6) is 5.75 Å². The summed E-state index contributed by atoms with van der Waals surface area (Å²) >= 11 is 0. The molecule has 1 aromatic rings. The minimum Gasteiger partial charge on any atom is -0.481 e. The average molecular weight is 296 g/mol. The first kappa shape index (κ1) is 15.6. The van der Waals surface area contributed by atoms with Gasteiger partial charge in [-0.3, -0.25) is 4.79 Å². The van der Waals surface area contributed by atoms with Gasteiger partial charge in [0.25, 0.3) is 6.43 Å². The van der Waals surface area contributed by atoms with Crippen molar-refractivity contribution in [1.82, 2.24) is 4.98 Å². The van der Waals surface area contributed by atoms with Crippen molar-refractivity contribution >= 4 is 5.97 Å². The first-order valence-electron chi connectivity index (χ1n) is 4.83. The van der Waals surface area contributed by atoms with Gasteiger partial charge in [-0.25, -0.2) is 13.8 Å². The molecule has 1 heterocycles. The minimum absolute atomic E-state index is 0.414. The van der Waals surface area contributed by atoms with Crippen LogP contribution in [0.3, 0.4) is 0 Å². The quantitative estimate of drug-likeness (QED) is 0.863. The molecule has 0 saturated heterocycles. The number of aromatic nitrogens is 1. The van der Waals surface area contributed by atoms with E-state index < -0.39 is 47.9 Å². The highest BCUT2D eigenvalue weighted by Crippen LogP contribution is 2.32. The highest BCUT2D eigenvalue weighted by molar-refractivity contribution is 5.71. The van der Waals surface area contributed by atoms with Gasteiger partial charge in [0, 0.05) is 0 Å². The highest BCUT2D eigenvalue weighted by Gasteiger charge is 2.34. The summed E-state index contributed by atoms with van der Waals surface area (Å²) in [6, 6.07) is 1.65. The molecule has 0 aliphatic rings. The number of pyridine rings is 1. The first-order chi connectivity index (χ1) is 9.14. The van der Waals surface area contributed by atoms with E-state index in [4.69, 9.17) is 10.4 Å². The van der Waals surface area contributed by atoms with Gasteiger partial charge >= 0.3 is 12.3 Å². The number of rotatable bonds is 4. The number of hydrogen-bond acceptors (Lipinski definition) is 4. The Morgan fingerprint density at radius 2 is 2.10 bits per heavy atom. The third-order valence-corrected chi connectivity index (χ3v) is 1.94. The van der Waals surface area contributed by atoms with Crippen molar-refractivity contribution in [2.75, 3.05) is 0 Å². The van der Waals surface area contributed by atoms with Gasteiger partial charge in [0.2, 0.25) is 0 Å². The summed E-state index contributed by atoms with van der Waals surface area (Å²) < 4.78 is 65.0. The van der Waals surface area contributed by atoms with Gasteiger partial charge in [-0.1, -0.05) is 0 Å². The Labute approximate surface area is 108 Å². The van der Waals surface area contributed by atoms with E-state index in [9.17, 15) is 26.7 Å². The second kappa shape index (κ2) is 5.68. The standard InChI is InChI=1S/C10H5F5N2O3/c11-9(12)6-1-4(3-16)8(20-10(13,14)15)5(17-6)2-7(18)19/h1,9H,2H2,(H,18,19). The van der Waals surface area contributed by atoms with Crippen LogP contribution < -0.4 is 4.74 Å². The molecule has 1 rings (SSSR count). The van der Waals surface area contributed by atoms with E-state index in [0.29, 0.717) is 6.07 Å². The summed E-state index contributed by atoms with van der Waals surface area (Å²) in [5.41, 5.74) is -2.78. The van der Waals surface area contributed by atoms with Crippen LogP contribution >= 0.6 is 0 Å². The molecule has 108 valence electrons. The predicted octanol–water partition coefficient (Wildman–Crippen LogP) is 2.42. The molecule has 0 atom stereocenters. The van der Waals surface area contributed by atoms with Crippen molar-refractivity contribution in [3.8, 4) is 11.8 Å². The van der Waals surface area contributed by atoms with Gasteiger partial charge in [-0.05, 0) is 6.07 Å². The van der Waals surface area contributed by atoms with Crippen LogP contribution in [0.25, 0.3) is 0 Å². The maximum Gasteiger partial charge on any atom is 0.573 e. The van der Waals surface area contributed by atoms with E-state index in [1.54, 1.807) is 0 Å². The van der Waals surface area contributed by atoms with Gasteiger partial charge in [0.05, 0.1) is 17.7 Å². The van der Waals surface area contributed by atoms with Crippen molar-refractivity contribution in [2.24, 2.45) is 0 Å². The minimum atomic E-state index is -5.22. The van der Waals surface area contributed by atoms with Crippen LogP contribution in [0.2, 0.25) is 0 Å². The van der Waals surface area contributed by atoms with Gasteiger partial charge in [-0.15, -0.1) is 13.2 Å². The Morgan fingerprint density at radius 3 is 2.50 bits per heavy atom. The number of nitriles is 1. The summed E-state index contributed by atoms with van der Waals surface area (Å²) in [7, 11) is 0. The van der Waals surface area contributed by atoms with Gasteiger partial charge in [0.15, 0.2) is 5.75 Å². The number of halogens is 5. The zero-order valence-electron chi connectivity index (χ0n) is 9.41. The van der Waals surface area contributed by atoms with E-state index in [-0.39, 0.29) is 0 Å². The van der Waals surface area contributed by atoms with Gasteiger partial charge in [-0.2, -0.15) is 5.26 Å². The van der Waals surface area contributed by atoms with Crippen LogP contribution in [-0.4, -0.2) is 22.4 Å². The second-order valence-corrected chi connectivity index (χ2v) is 3.40. The molecule has 0 aromatic carbocycles. The van der Waals surface area contributed by atoms with Crippen molar-refractivity contribution < 1.29 is 36.6 Å². The Bertz CT molecular complexity index is 565. The monoisotopic (exact) mass is 296 g/mol. The smallest absolute Gasteiger partial charge is 0.481 e. The molecule has 0 unspecified atom stereocenters. The van der Waals surface area contributed by atoms with E-state index in [1.165, 1.54) is 6.07 Å². The van der Waals surface area contributed by atoms with Crippen LogP contribution in [0.15, 0.2) is 6.07 Å². The zero-order chi connectivity index (χ0) is 15.5. The number of alkyl halides is 5. The molecular weight excluding hydrogens is 291 g/mol. The number of ether oxygens (including phenoxy) is 1. The maximum absolute atomic E-state index is 12.5. The number of hydrogen-bond donors (Lipinski definition) is 1. The summed E-state index contributed by atoms with van der Waals surface area (Å²) in [6.07, 6.45) is -9.48. The normalized spacial score (nSPS) is 11.2. The molecule has 0 bridgehead atoms. The van der Waals surface area contributed by atoms with E-state index in [1.807, 2.05) is 0 Å². The van der Waals surface area contributed by atoms with Crippen LogP contribution in [-0.2, 0) is 11.2 Å². The fourth-order valence-corrected chi connectivity index (χ4v) is 1.30. The number of carboxylic acids is 1. The van der Waals surface area contributed by atoms with Crippen molar-refractivity contribution in [1.29, 1.82) is 5.26 Å². The molecule has 1 N–H and O–H groups in total. The van der Waals surface area contributed by atoms with Crippen LogP contribution in [0, 0.1) is 11.3 Å². The van der Waals surface area contributed by atoms with Crippen LogP contribution in [0.1, 0.15) is 23.4 Å². The number of carbonyl (C=O) groups is 1. The van der Waals surface area contributed by atoms with E-state index >= 15 is 0 Å². The third kappa shape index (κ3) is 4.04. The zero-order valence-corrected chi connectivity index (χ0v) is 9.41. The number of nitrogens with zero attached hydrogens (tertiary/aromatic N) is 2. The predicted molar refractivity (Wildman–Crippen MR) is 51.9 cm³/mol. The van der Waals surface area contributed by atoms with Gasteiger partial charge < -0.3 is 9.84 Å². The summed E-state index contributed by atoms with van der Waals surface area (Å²) in [5.74, 6) is -2.80. The largest absolute Gasteiger partial charge is 0.573 e. The van der Waals surface area contributed by atoms with E-state index in [0.717, 1.165) is 0 Å². The molecule has 0 fully saturated rings. The molecule has 0 radical (unpaired) electrons. The molecular formula is C10H5F5N2O3. The van der Waals surface area contributed by atoms with Crippen molar-refractivity contribution in [2.45, 2.75) is 19.2 Å². The lowest BCUT2D eigenvalue weighted by Crippen LogP contribution is -2.20. The SMILES string of the molecule is N#Cc1cc(C(F)F)nc(CC(=O)O)c1OC(F)(F)F. The Hall–Kier alpha value is -2.44. The van der Waals surface area contributed by atoms with Crippen molar-refractivity contribution in [3.63, 3.8) is 0 Å². The number of aliphatic carboxylic acids is 1. The molecule has 0 amide bonds. The first-order valence-corrected chi connectivity index (χ1v) is 4.83. The molecule has 0 saturated carbocycles. The lowest BCUT2D eigenvalue weighted by molar-refractivity contribution is -0.275. The molecule has 0 aliphatic carbocycles. The van der Waals surface area contributed by atoms with Crippen molar-refractivity contribution in [3.05, 3.63) is 23.0 Å². The molecule has 5 nitrogen and oxygen atoms in total. The Balaban J connectivity index is 3.44. The lowest BCUT2D eigenvalue weighted by Gasteiger charge is -2.14. The maximum atomic E-state index is 12.5. The third-order valence-electron chi connectivity index (χ3n) is 1.94. The fourth-order valence-electron chi connectivity index (χ4n) is 1.30. The Morgan fingerprint density at radius 1 is 1.50 bits per heavy atom. The molecule has 10 heteroatoms. The molecule has 20 heavy (non-hydrogen) atoms. The fraction of sp³-hybridized carbons (Fsp3) is 0.300. The molecule has 1 aromatic heterocycles. The topological polar surface area (TPSA) is 83.2 Å². The molecule has 0 spiro atoms. The second-order valence-electron chi connectivity index (χ2n) is 3.40. The number of carboxylic acid groups (broad SMARTS) is 1. The summed E-state index contributed by atoms with van der Waals surface area (Å²) in [4.78, 5) is 13.6. The van der Waals surface area contributed by atoms with Crippen LogP contribution in [0.4, 0.5) is 22.0 Å². The Kier molecular flexibility index (Phi) is 4.44. The highest BCUT2D eigenvalue weighted by atomic mass is 19.4. The van der Waals surface area contributed by atoms with E-state index in [2.05, 4.69) is 9.72 Å².